The van der Waals surface area contributed by atoms with Gasteiger partial charge in [0, 0.05) is 36.1 Å². The summed E-state index contributed by atoms with van der Waals surface area (Å²) >= 11 is 0. The summed E-state index contributed by atoms with van der Waals surface area (Å²) in [7, 11) is 0. The summed E-state index contributed by atoms with van der Waals surface area (Å²) < 4.78 is 94.7. The second kappa shape index (κ2) is 9.06. The summed E-state index contributed by atoms with van der Waals surface area (Å²) in [4.78, 5) is 13.0. The van der Waals surface area contributed by atoms with Crippen LogP contribution in [0.25, 0.3) is 21.9 Å². The molecule has 0 amide bonds. The smallest absolute Gasteiger partial charge is 0.343 e. The van der Waals surface area contributed by atoms with Crippen molar-refractivity contribution in [3.8, 4) is 0 Å². The van der Waals surface area contributed by atoms with Crippen molar-refractivity contribution in [2.24, 2.45) is 5.73 Å². The number of aryl methyl sites for hydroxylation is 1. The number of fused-ring (bicyclic) bond motifs is 2. The Labute approximate surface area is 194 Å². The van der Waals surface area contributed by atoms with Crippen molar-refractivity contribution in [2.75, 3.05) is 0 Å². The maximum absolute atomic E-state index is 14.0. The van der Waals surface area contributed by atoms with E-state index >= 15 is 0 Å². The van der Waals surface area contributed by atoms with Crippen molar-refractivity contribution in [2.45, 2.75) is 51.4 Å². The Hall–Kier alpha value is -3.28. The average Bonchev–Trinajstić information content (AvgIpc) is 3.21. The maximum Gasteiger partial charge on any atom is 0.406 e. The largest absolute Gasteiger partial charge is 0.406 e. The lowest BCUT2D eigenvalue weighted by molar-refractivity contribution is -0.140. The highest BCUT2D eigenvalue weighted by Gasteiger charge is 2.31. The Morgan fingerprint density at radius 3 is 2.17 bits per heavy atom. The zero-order valence-electron chi connectivity index (χ0n) is 18.3. The zero-order valence-corrected chi connectivity index (χ0v) is 18.3. The minimum atomic E-state index is -4.69. The van der Waals surface area contributed by atoms with Crippen LogP contribution in [-0.4, -0.2) is 26.1 Å². The van der Waals surface area contributed by atoms with Crippen LogP contribution in [0, 0.1) is 5.82 Å². The first kappa shape index (κ1) is 24.8. The van der Waals surface area contributed by atoms with Gasteiger partial charge in [-0.15, -0.1) is 0 Å². The quantitative estimate of drug-likeness (QED) is 0.349. The summed E-state index contributed by atoms with van der Waals surface area (Å²) in [5.74, 6) is -0.742. The third-order valence-corrected chi connectivity index (χ3v) is 5.77. The molecule has 35 heavy (non-hydrogen) atoms. The van der Waals surface area contributed by atoms with E-state index in [9.17, 15) is 35.5 Å². The number of nitrogens with two attached hydrogens (primary N) is 1. The van der Waals surface area contributed by atoms with E-state index in [-0.39, 0.29) is 37.1 Å². The summed E-state index contributed by atoms with van der Waals surface area (Å²) in [6, 6.07) is 9.86. The lowest BCUT2D eigenvalue weighted by atomic mass is 10.1. The van der Waals surface area contributed by atoms with E-state index in [0.29, 0.717) is 21.2 Å². The van der Waals surface area contributed by atoms with E-state index in [0.717, 1.165) is 28.3 Å². The van der Waals surface area contributed by atoms with Gasteiger partial charge in [-0.3, -0.25) is 9.13 Å². The number of aromatic nitrogens is 3. The number of imidazole rings is 1. The van der Waals surface area contributed by atoms with Crippen LogP contribution in [0.15, 0.2) is 47.3 Å². The molecule has 188 valence electrons. The first-order valence-electron chi connectivity index (χ1n) is 10.7. The van der Waals surface area contributed by atoms with E-state index in [1.54, 1.807) is 28.8 Å². The van der Waals surface area contributed by atoms with Gasteiger partial charge in [0.05, 0.1) is 17.6 Å². The molecule has 0 fully saturated rings. The van der Waals surface area contributed by atoms with Gasteiger partial charge in [-0.2, -0.15) is 26.3 Å². The fourth-order valence-corrected chi connectivity index (χ4v) is 4.28. The molecule has 12 heteroatoms. The summed E-state index contributed by atoms with van der Waals surface area (Å²) in [5.41, 5.74) is 6.30. The number of alkyl halides is 6. The lowest BCUT2D eigenvalue weighted by Crippen LogP contribution is -2.30. The van der Waals surface area contributed by atoms with E-state index in [4.69, 9.17) is 5.73 Å². The predicted octanol–water partition coefficient (Wildman–Crippen LogP) is 5.31. The van der Waals surface area contributed by atoms with Crippen LogP contribution in [0.2, 0.25) is 0 Å². The van der Waals surface area contributed by atoms with Crippen molar-refractivity contribution in [3.05, 3.63) is 70.0 Å². The first-order valence-corrected chi connectivity index (χ1v) is 10.7. The molecule has 4 rings (SSSR count). The monoisotopic (exact) mass is 502 g/mol. The van der Waals surface area contributed by atoms with Gasteiger partial charge in [0.2, 0.25) is 0 Å². The van der Waals surface area contributed by atoms with Crippen LogP contribution in [-0.2, 0) is 26.2 Å². The Bertz CT molecular complexity index is 1430. The van der Waals surface area contributed by atoms with Crippen LogP contribution in [0.1, 0.15) is 24.1 Å². The SMILES string of the molecule is NCc1ccc2c(c1)cc(Cn1c(=O)n(CC(F)(F)F)c3ccc(F)cc31)n2CCCC(F)(F)F. The Morgan fingerprint density at radius 2 is 1.51 bits per heavy atom. The van der Waals surface area contributed by atoms with Crippen LogP contribution in [0.4, 0.5) is 30.7 Å². The molecular weight excluding hydrogens is 481 g/mol. The predicted molar refractivity (Wildman–Crippen MR) is 116 cm³/mol. The van der Waals surface area contributed by atoms with Crippen molar-refractivity contribution >= 4 is 21.9 Å². The highest BCUT2D eigenvalue weighted by Crippen LogP contribution is 2.27. The molecular formula is C23H21F7N4O. The fraction of sp³-hybridized carbons (Fsp3) is 0.348. The number of benzene rings is 2. The summed E-state index contributed by atoms with van der Waals surface area (Å²) in [5, 5.41) is 0.660. The highest BCUT2D eigenvalue weighted by atomic mass is 19.4. The standard InChI is InChI=1S/C23H21F7N4O/c24-16-3-5-19-20(10-16)33(21(35)34(19)13-23(28,29)30)12-17-9-15-8-14(11-31)2-4-18(15)32(17)7-1-6-22(25,26)27/h2-5,8-10H,1,6-7,11-13,31H2. The molecule has 0 radical (unpaired) electrons. The van der Waals surface area contributed by atoms with E-state index in [1.807, 2.05) is 0 Å². The Balaban J connectivity index is 1.83. The minimum absolute atomic E-state index is 0.0371. The average molecular weight is 502 g/mol. The van der Waals surface area contributed by atoms with Crippen LogP contribution < -0.4 is 11.4 Å². The lowest BCUT2D eigenvalue weighted by Gasteiger charge is -2.13. The molecule has 2 aromatic carbocycles. The van der Waals surface area contributed by atoms with Gasteiger partial charge < -0.3 is 10.3 Å². The van der Waals surface area contributed by atoms with Crippen LogP contribution in [0.5, 0.6) is 0 Å². The topological polar surface area (TPSA) is 57.9 Å². The third kappa shape index (κ3) is 5.37. The highest BCUT2D eigenvalue weighted by molar-refractivity contribution is 5.82. The molecule has 0 bridgehead atoms. The summed E-state index contributed by atoms with van der Waals surface area (Å²) in [6.45, 7) is -1.63. The first-order chi connectivity index (χ1) is 16.4. The molecule has 0 atom stereocenters. The normalized spacial score (nSPS) is 12.8. The van der Waals surface area contributed by atoms with Gasteiger partial charge in [-0.25, -0.2) is 9.18 Å². The van der Waals surface area contributed by atoms with Gasteiger partial charge in [0.1, 0.15) is 12.4 Å². The number of hydrogen-bond acceptors (Lipinski definition) is 2. The third-order valence-electron chi connectivity index (χ3n) is 5.77. The van der Waals surface area contributed by atoms with Crippen molar-refractivity contribution < 1.29 is 30.7 Å². The molecule has 2 N–H and O–H groups in total. The van der Waals surface area contributed by atoms with E-state index in [2.05, 4.69) is 0 Å². The van der Waals surface area contributed by atoms with Crippen molar-refractivity contribution in [3.63, 3.8) is 0 Å². The zero-order chi connectivity index (χ0) is 25.5. The molecule has 0 saturated carbocycles. The van der Waals surface area contributed by atoms with Crippen LogP contribution >= 0.6 is 0 Å². The molecule has 0 saturated heterocycles. The molecule has 5 nitrogen and oxygen atoms in total. The van der Waals surface area contributed by atoms with Crippen molar-refractivity contribution in [1.29, 1.82) is 0 Å². The molecule has 0 spiro atoms. The number of hydrogen-bond donors (Lipinski definition) is 1. The Morgan fingerprint density at radius 1 is 0.800 bits per heavy atom. The molecule has 2 heterocycles. The van der Waals surface area contributed by atoms with Gasteiger partial charge in [0.25, 0.3) is 0 Å². The molecule has 2 aromatic heterocycles. The maximum atomic E-state index is 14.0. The number of nitrogens with zero attached hydrogens (tertiary/aromatic N) is 3. The van der Waals surface area contributed by atoms with E-state index in [1.165, 1.54) is 0 Å². The van der Waals surface area contributed by atoms with Crippen LogP contribution in [0.3, 0.4) is 0 Å². The Kier molecular flexibility index (Phi) is 6.43. The minimum Gasteiger partial charge on any atom is -0.343 e. The second-order valence-corrected chi connectivity index (χ2v) is 8.31. The van der Waals surface area contributed by atoms with Gasteiger partial charge in [0.15, 0.2) is 0 Å². The van der Waals surface area contributed by atoms with Gasteiger partial charge in [-0.05, 0) is 48.4 Å². The summed E-state index contributed by atoms with van der Waals surface area (Å²) in [6.07, 6.45) is -10.3. The second-order valence-electron chi connectivity index (χ2n) is 8.31. The van der Waals surface area contributed by atoms with Gasteiger partial charge >= 0.3 is 18.0 Å². The molecule has 0 aliphatic heterocycles. The van der Waals surface area contributed by atoms with E-state index < -0.39 is 36.8 Å². The van der Waals surface area contributed by atoms with Crippen molar-refractivity contribution in [1.82, 2.24) is 13.7 Å². The van der Waals surface area contributed by atoms with Gasteiger partial charge in [-0.1, -0.05) is 6.07 Å². The molecule has 0 aliphatic rings. The molecule has 4 aromatic rings. The fourth-order valence-electron chi connectivity index (χ4n) is 4.28. The molecule has 0 unspecified atom stereocenters. The molecule has 0 aliphatic carbocycles. The number of halogens is 7. The number of rotatable bonds is 7.